The van der Waals surface area contributed by atoms with E-state index in [0.29, 0.717) is 5.54 Å². The first-order valence-corrected chi connectivity index (χ1v) is 10.4. The zero-order valence-electron chi connectivity index (χ0n) is 13.2. The summed E-state index contributed by atoms with van der Waals surface area (Å²) in [5.74, 6) is 0. The first-order valence-electron chi connectivity index (χ1n) is 7.34. The van der Waals surface area contributed by atoms with Crippen molar-refractivity contribution in [1.29, 1.82) is 0 Å². The quantitative estimate of drug-likeness (QED) is 0.413. The Balaban J connectivity index is 0.000000960. The summed E-state index contributed by atoms with van der Waals surface area (Å²) in [4.78, 5) is 0. The van der Waals surface area contributed by atoms with Crippen LogP contribution in [-0.2, 0) is 26.2 Å². The van der Waals surface area contributed by atoms with Crippen LogP contribution in [0, 0.1) is 0 Å². The molecule has 0 amide bonds. The van der Waals surface area contributed by atoms with Crippen LogP contribution in [-0.4, -0.2) is 8.11 Å². The normalized spacial score (nSPS) is 16.5. The van der Waals surface area contributed by atoms with E-state index in [-0.39, 0.29) is 51.0 Å². The van der Waals surface area contributed by atoms with Crippen LogP contribution >= 0.6 is 11.1 Å². The minimum absolute atomic E-state index is 0. The van der Waals surface area contributed by atoms with Crippen molar-refractivity contribution >= 4 is 24.8 Å². The molecule has 0 aliphatic heterocycles. The summed E-state index contributed by atoms with van der Waals surface area (Å²) in [6.07, 6.45) is 7.66. The Hall–Kier alpha value is -0.110. The van der Waals surface area contributed by atoms with E-state index in [1.165, 1.54) is 33.4 Å². The van der Waals surface area contributed by atoms with E-state index >= 15 is 0 Å². The van der Waals surface area contributed by atoms with Crippen LogP contribution in [0.4, 0.5) is 0 Å². The number of hydrogen-bond acceptors (Lipinski definition) is 0. The summed E-state index contributed by atoms with van der Waals surface area (Å²) in [6, 6.07) is 15.5. The number of allylic oxidation sites excluding steroid dienone is 4. The van der Waals surface area contributed by atoms with E-state index in [4.69, 9.17) is 11.1 Å². The molecule has 24 heavy (non-hydrogen) atoms. The second kappa shape index (κ2) is 9.01. The molecule has 0 spiro atoms. The molecule has 4 rings (SSSR count). The molecule has 121 valence electrons. The fourth-order valence-corrected chi connectivity index (χ4v) is 5.67. The fourth-order valence-electron chi connectivity index (χ4n) is 3.60. The van der Waals surface area contributed by atoms with Gasteiger partial charge in [0, 0.05) is 5.54 Å². The Morgan fingerprint density at radius 1 is 0.958 bits per heavy atom. The summed E-state index contributed by atoms with van der Waals surface area (Å²) in [5, 5.41) is 0. The topological polar surface area (TPSA) is 0 Å². The number of hydrogen-bond donors (Lipinski definition) is 0. The van der Waals surface area contributed by atoms with Gasteiger partial charge in [-0.25, -0.2) is 0 Å². The summed E-state index contributed by atoms with van der Waals surface area (Å²) < 4.78 is 0. The SMILES string of the molecule is C[Si](Cl)C1c2ccccc2-c2cccc(C3=CC=CC3)c21.[Cl-].[Cl-].[Zr+2]. The maximum Gasteiger partial charge on any atom is 2.00 e. The van der Waals surface area contributed by atoms with Gasteiger partial charge in [-0.1, -0.05) is 67.2 Å². The molecule has 1 unspecified atom stereocenters. The molecule has 0 saturated heterocycles. The van der Waals surface area contributed by atoms with E-state index < -0.39 is 8.11 Å². The zero-order chi connectivity index (χ0) is 14.4. The second-order valence-corrected chi connectivity index (χ2v) is 9.24. The summed E-state index contributed by atoms with van der Waals surface area (Å²) in [7, 11) is -0.962. The van der Waals surface area contributed by atoms with Crippen LogP contribution in [0.15, 0.2) is 60.7 Å². The van der Waals surface area contributed by atoms with Gasteiger partial charge in [0.25, 0.3) is 0 Å². The van der Waals surface area contributed by atoms with Crippen molar-refractivity contribution < 1.29 is 51.0 Å². The van der Waals surface area contributed by atoms with Gasteiger partial charge in [-0.3, -0.25) is 0 Å². The molecule has 0 heterocycles. The van der Waals surface area contributed by atoms with Gasteiger partial charge in [-0.15, -0.1) is 0 Å². The van der Waals surface area contributed by atoms with Gasteiger partial charge in [0.15, 0.2) is 8.11 Å². The first-order chi connectivity index (χ1) is 10.3. The van der Waals surface area contributed by atoms with Crippen molar-refractivity contribution in [1.82, 2.24) is 0 Å². The standard InChI is InChI=1S/C19H16ClSi.2ClH.Zr/c1-21(20)19-17-10-5-4-9-15(17)16-12-6-11-14(18(16)19)13-7-2-3-8-13;;;/h2-7,9-12,19H,8H2,1H3;2*1H;/q;;;+2/p-2. The van der Waals surface area contributed by atoms with Crippen LogP contribution in [0.3, 0.4) is 0 Å². The van der Waals surface area contributed by atoms with Gasteiger partial charge in [-0.05, 0) is 39.8 Å². The van der Waals surface area contributed by atoms with Crippen LogP contribution < -0.4 is 24.8 Å². The zero-order valence-corrected chi connectivity index (χ0v) is 18.9. The molecular formula is C19H16Cl3SiZr. The van der Waals surface area contributed by atoms with Crippen molar-refractivity contribution in [3.63, 3.8) is 0 Å². The summed E-state index contributed by atoms with van der Waals surface area (Å²) >= 11 is 6.68. The first kappa shape index (κ1) is 21.9. The third kappa shape index (κ3) is 3.55. The predicted octanol–water partition coefficient (Wildman–Crippen LogP) is -0.453. The molecule has 2 aromatic carbocycles. The molecule has 0 fully saturated rings. The average Bonchev–Trinajstić information content (AvgIpc) is 3.12. The third-order valence-corrected chi connectivity index (χ3v) is 6.52. The van der Waals surface area contributed by atoms with Gasteiger partial charge in [0.05, 0.1) is 0 Å². The van der Waals surface area contributed by atoms with Crippen LogP contribution in [0.25, 0.3) is 16.7 Å². The molecule has 2 aliphatic rings. The van der Waals surface area contributed by atoms with Crippen LogP contribution in [0.2, 0.25) is 6.55 Å². The van der Waals surface area contributed by atoms with E-state index in [1.807, 2.05) is 0 Å². The minimum Gasteiger partial charge on any atom is -1.00 e. The van der Waals surface area contributed by atoms with Gasteiger partial charge in [0.2, 0.25) is 0 Å². The Kier molecular flexibility index (Phi) is 8.23. The van der Waals surface area contributed by atoms with Crippen LogP contribution in [0.1, 0.15) is 28.7 Å². The molecule has 0 saturated carbocycles. The Labute approximate surface area is 181 Å². The van der Waals surface area contributed by atoms with Crippen molar-refractivity contribution in [3.05, 3.63) is 77.4 Å². The molecule has 0 nitrogen and oxygen atoms in total. The molecule has 2 aliphatic carbocycles. The smallest absolute Gasteiger partial charge is 1.00 e. The minimum atomic E-state index is -0.962. The van der Waals surface area contributed by atoms with E-state index in [2.05, 4.69) is 67.2 Å². The number of benzene rings is 2. The fraction of sp³-hybridized carbons (Fsp3) is 0.158. The molecular weight excluding hydrogens is 454 g/mol. The average molecular weight is 470 g/mol. The molecule has 2 aromatic rings. The van der Waals surface area contributed by atoms with E-state index in [0.717, 1.165) is 6.42 Å². The van der Waals surface area contributed by atoms with Gasteiger partial charge in [-0.2, -0.15) is 11.1 Å². The van der Waals surface area contributed by atoms with Gasteiger partial charge in [0.1, 0.15) is 0 Å². The van der Waals surface area contributed by atoms with Crippen molar-refractivity contribution in [2.75, 3.05) is 0 Å². The maximum absolute atomic E-state index is 6.68. The largest absolute Gasteiger partial charge is 2.00 e. The molecule has 5 heteroatoms. The molecule has 0 bridgehead atoms. The number of fused-ring (bicyclic) bond motifs is 3. The monoisotopic (exact) mass is 467 g/mol. The predicted molar refractivity (Wildman–Crippen MR) is 92.9 cm³/mol. The molecule has 0 N–H and O–H groups in total. The molecule has 0 aromatic heterocycles. The third-order valence-electron chi connectivity index (χ3n) is 4.47. The summed E-state index contributed by atoms with van der Waals surface area (Å²) in [5.41, 5.74) is 8.83. The van der Waals surface area contributed by atoms with E-state index in [1.54, 1.807) is 0 Å². The van der Waals surface area contributed by atoms with Crippen molar-refractivity contribution in [2.45, 2.75) is 18.5 Å². The number of rotatable bonds is 2. The molecule has 1 radical (unpaired) electrons. The maximum atomic E-state index is 6.68. The number of halogens is 3. The second-order valence-electron chi connectivity index (χ2n) is 5.70. The van der Waals surface area contributed by atoms with Crippen LogP contribution in [0.5, 0.6) is 0 Å². The molecule has 1 atom stereocenters. The summed E-state index contributed by atoms with van der Waals surface area (Å²) in [6.45, 7) is 2.21. The van der Waals surface area contributed by atoms with Gasteiger partial charge < -0.3 is 24.8 Å². The van der Waals surface area contributed by atoms with Gasteiger partial charge >= 0.3 is 26.2 Å². The Morgan fingerprint density at radius 3 is 2.29 bits per heavy atom. The Morgan fingerprint density at radius 2 is 1.62 bits per heavy atom. The van der Waals surface area contributed by atoms with Crippen molar-refractivity contribution in [3.8, 4) is 11.1 Å². The van der Waals surface area contributed by atoms with E-state index in [9.17, 15) is 0 Å². The Bertz CT molecular complexity index is 784. The van der Waals surface area contributed by atoms with Crippen molar-refractivity contribution in [2.24, 2.45) is 0 Å².